The summed E-state index contributed by atoms with van der Waals surface area (Å²) in [5.74, 6) is 0.0462. The number of nitrogens with two attached hydrogens (primary N) is 1. The second kappa shape index (κ2) is 5.44. The molecule has 0 bridgehead atoms. The van der Waals surface area contributed by atoms with Crippen molar-refractivity contribution in [3.8, 4) is 5.75 Å². The molecule has 2 aromatic rings. The number of nitrogen functional groups attached to an aromatic ring is 1. The summed E-state index contributed by atoms with van der Waals surface area (Å²) in [5, 5.41) is 5.95. The van der Waals surface area contributed by atoms with Crippen molar-refractivity contribution in [1.82, 2.24) is 4.98 Å². The van der Waals surface area contributed by atoms with Crippen LogP contribution < -0.4 is 15.8 Å². The van der Waals surface area contributed by atoms with E-state index < -0.39 is 5.82 Å². The van der Waals surface area contributed by atoms with Gasteiger partial charge >= 0.3 is 0 Å². The SMILES string of the molecule is COc1cc(NC(C)c2nc(C)cs2)c(F)cc1N. The first-order valence-corrected chi connectivity index (χ1v) is 6.70. The molecule has 1 unspecified atom stereocenters. The van der Waals surface area contributed by atoms with Crippen molar-refractivity contribution in [2.24, 2.45) is 0 Å². The van der Waals surface area contributed by atoms with E-state index in [0.29, 0.717) is 11.4 Å². The maximum atomic E-state index is 13.8. The lowest BCUT2D eigenvalue weighted by Crippen LogP contribution is -2.08. The van der Waals surface area contributed by atoms with Crippen molar-refractivity contribution < 1.29 is 9.13 Å². The van der Waals surface area contributed by atoms with Gasteiger partial charge in [0, 0.05) is 23.2 Å². The number of aryl methyl sites for hydroxylation is 1. The van der Waals surface area contributed by atoms with E-state index in [1.165, 1.54) is 13.2 Å². The summed E-state index contributed by atoms with van der Waals surface area (Å²) in [4.78, 5) is 4.37. The van der Waals surface area contributed by atoms with Gasteiger partial charge < -0.3 is 15.8 Å². The number of anilines is 2. The monoisotopic (exact) mass is 281 g/mol. The molecular formula is C13H16FN3OS. The Hall–Kier alpha value is -1.82. The summed E-state index contributed by atoms with van der Waals surface area (Å²) >= 11 is 1.54. The molecule has 0 aliphatic heterocycles. The van der Waals surface area contributed by atoms with E-state index in [4.69, 9.17) is 10.5 Å². The average molecular weight is 281 g/mol. The number of halogens is 1. The molecular weight excluding hydrogens is 265 g/mol. The predicted octanol–water partition coefficient (Wildman–Crippen LogP) is 3.35. The predicted molar refractivity (Wildman–Crippen MR) is 76.3 cm³/mol. The van der Waals surface area contributed by atoms with Crippen LogP contribution in [0.4, 0.5) is 15.8 Å². The summed E-state index contributed by atoms with van der Waals surface area (Å²) in [6, 6.07) is 2.73. The van der Waals surface area contributed by atoms with E-state index in [0.717, 1.165) is 10.7 Å². The van der Waals surface area contributed by atoms with Gasteiger partial charge in [-0.15, -0.1) is 11.3 Å². The lowest BCUT2D eigenvalue weighted by molar-refractivity contribution is 0.416. The number of benzene rings is 1. The van der Waals surface area contributed by atoms with Gasteiger partial charge in [-0.3, -0.25) is 0 Å². The Morgan fingerprint density at radius 3 is 2.79 bits per heavy atom. The molecule has 102 valence electrons. The van der Waals surface area contributed by atoms with Crippen LogP contribution in [0.15, 0.2) is 17.5 Å². The van der Waals surface area contributed by atoms with Gasteiger partial charge in [0.15, 0.2) is 0 Å². The van der Waals surface area contributed by atoms with Crippen LogP contribution in [-0.2, 0) is 0 Å². The molecule has 0 amide bonds. The molecule has 1 aromatic carbocycles. The first-order chi connectivity index (χ1) is 9.01. The minimum atomic E-state index is -0.404. The van der Waals surface area contributed by atoms with E-state index in [1.54, 1.807) is 17.4 Å². The second-order valence-electron chi connectivity index (χ2n) is 4.27. The van der Waals surface area contributed by atoms with Crippen LogP contribution in [0.2, 0.25) is 0 Å². The van der Waals surface area contributed by atoms with Gasteiger partial charge in [-0.1, -0.05) is 0 Å². The van der Waals surface area contributed by atoms with E-state index in [9.17, 15) is 4.39 Å². The molecule has 0 fully saturated rings. The van der Waals surface area contributed by atoms with Crippen LogP contribution in [0, 0.1) is 12.7 Å². The molecule has 4 nitrogen and oxygen atoms in total. The summed E-state index contributed by atoms with van der Waals surface area (Å²) in [6.45, 7) is 3.86. The number of thiazole rings is 1. The number of ether oxygens (including phenoxy) is 1. The Kier molecular flexibility index (Phi) is 3.90. The molecule has 1 heterocycles. The molecule has 3 N–H and O–H groups in total. The number of rotatable bonds is 4. The Labute approximate surface area is 115 Å². The summed E-state index contributed by atoms with van der Waals surface area (Å²) < 4.78 is 18.9. The highest BCUT2D eigenvalue weighted by molar-refractivity contribution is 7.09. The third-order valence-electron chi connectivity index (χ3n) is 2.70. The molecule has 1 aromatic heterocycles. The number of aromatic nitrogens is 1. The first-order valence-electron chi connectivity index (χ1n) is 5.83. The fourth-order valence-corrected chi connectivity index (χ4v) is 2.53. The van der Waals surface area contributed by atoms with Crippen molar-refractivity contribution in [2.75, 3.05) is 18.2 Å². The molecule has 0 aliphatic rings. The van der Waals surface area contributed by atoms with Crippen LogP contribution in [0.25, 0.3) is 0 Å². The van der Waals surface area contributed by atoms with E-state index in [1.807, 2.05) is 19.2 Å². The van der Waals surface area contributed by atoms with Gasteiger partial charge in [0.1, 0.15) is 16.6 Å². The van der Waals surface area contributed by atoms with E-state index in [-0.39, 0.29) is 11.7 Å². The number of methoxy groups -OCH3 is 1. The molecule has 0 aliphatic carbocycles. The van der Waals surface area contributed by atoms with Gasteiger partial charge in [0.2, 0.25) is 0 Å². The summed E-state index contributed by atoms with van der Waals surface area (Å²) in [7, 11) is 1.50. The largest absolute Gasteiger partial charge is 0.495 e. The maximum absolute atomic E-state index is 13.8. The number of nitrogens with zero attached hydrogens (tertiary/aromatic N) is 1. The Balaban J connectivity index is 2.23. The fraction of sp³-hybridized carbons (Fsp3) is 0.308. The fourth-order valence-electron chi connectivity index (χ4n) is 1.72. The van der Waals surface area contributed by atoms with Crippen LogP contribution >= 0.6 is 11.3 Å². The molecule has 0 saturated heterocycles. The van der Waals surface area contributed by atoms with Gasteiger partial charge in [-0.05, 0) is 13.8 Å². The zero-order valence-electron chi connectivity index (χ0n) is 11.0. The highest BCUT2D eigenvalue weighted by Crippen LogP contribution is 2.31. The van der Waals surface area contributed by atoms with E-state index in [2.05, 4.69) is 10.3 Å². The third-order valence-corrected chi connectivity index (χ3v) is 3.84. The minimum absolute atomic E-state index is 0.0819. The summed E-state index contributed by atoms with van der Waals surface area (Å²) in [5.41, 5.74) is 7.24. The lowest BCUT2D eigenvalue weighted by atomic mass is 10.2. The molecule has 6 heteroatoms. The van der Waals surface area contributed by atoms with Crippen molar-refractivity contribution in [2.45, 2.75) is 19.9 Å². The molecule has 2 rings (SSSR count). The normalized spacial score (nSPS) is 12.2. The van der Waals surface area contributed by atoms with Crippen LogP contribution in [0.3, 0.4) is 0 Å². The smallest absolute Gasteiger partial charge is 0.148 e. The average Bonchev–Trinajstić information content (AvgIpc) is 2.79. The van der Waals surface area contributed by atoms with Crippen molar-refractivity contribution in [1.29, 1.82) is 0 Å². The molecule has 0 saturated carbocycles. The molecule has 1 atom stereocenters. The quantitative estimate of drug-likeness (QED) is 0.844. The zero-order chi connectivity index (χ0) is 14.0. The standard InChI is InChI=1S/C13H16FN3OS/c1-7-6-19-13(16-7)8(2)17-11-5-12(18-3)10(15)4-9(11)14/h4-6,8,17H,15H2,1-3H3. The Morgan fingerprint density at radius 2 is 2.21 bits per heavy atom. The highest BCUT2D eigenvalue weighted by Gasteiger charge is 2.14. The van der Waals surface area contributed by atoms with Gasteiger partial charge in [0.25, 0.3) is 0 Å². The van der Waals surface area contributed by atoms with Crippen LogP contribution in [0.5, 0.6) is 5.75 Å². The van der Waals surface area contributed by atoms with Crippen LogP contribution in [-0.4, -0.2) is 12.1 Å². The summed E-state index contributed by atoms with van der Waals surface area (Å²) in [6.07, 6.45) is 0. The Bertz CT molecular complexity index is 585. The lowest BCUT2D eigenvalue weighted by Gasteiger charge is -2.15. The Morgan fingerprint density at radius 1 is 1.47 bits per heavy atom. The number of hydrogen-bond acceptors (Lipinski definition) is 5. The number of nitrogens with one attached hydrogen (secondary N) is 1. The van der Waals surface area contributed by atoms with E-state index >= 15 is 0 Å². The first kappa shape index (κ1) is 13.6. The molecule has 0 radical (unpaired) electrons. The minimum Gasteiger partial charge on any atom is -0.495 e. The number of hydrogen-bond donors (Lipinski definition) is 2. The second-order valence-corrected chi connectivity index (χ2v) is 5.16. The zero-order valence-corrected chi connectivity index (χ0v) is 11.8. The van der Waals surface area contributed by atoms with Gasteiger partial charge in [0.05, 0.1) is 24.5 Å². The third kappa shape index (κ3) is 2.96. The van der Waals surface area contributed by atoms with Crippen molar-refractivity contribution in [3.63, 3.8) is 0 Å². The topological polar surface area (TPSA) is 60.2 Å². The molecule has 19 heavy (non-hydrogen) atoms. The highest BCUT2D eigenvalue weighted by atomic mass is 32.1. The van der Waals surface area contributed by atoms with Crippen molar-refractivity contribution >= 4 is 22.7 Å². The maximum Gasteiger partial charge on any atom is 0.148 e. The van der Waals surface area contributed by atoms with Gasteiger partial charge in [-0.2, -0.15) is 0 Å². The molecule has 0 spiro atoms. The van der Waals surface area contributed by atoms with Crippen LogP contribution in [0.1, 0.15) is 23.7 Å². The van der Waals surface area contributed by atoms with Gasteiger partial charge in [-0.25, -0.2) is 9.37 Å². The van der Waals surface area contributed by atoms with Crippen molar-refractivity contribution in [3.05, 3.63) is 34.0 Å².